The summed E-state index contributed by atoms with van der Waals surface area (Å²) < 4.78 is 10.6. The van der Waals surface area contributed by atoms with Gasteiger partial charge in [-0.05, 0) is 31.0 Å². The van der Waals surface area contributed by atoms with Crippen LogP contribution in [0.25, 0.3) is 0 Å². The lowest BCUT2D eigenvalue weighted by molar-refractivity contribution is -0.385. The number of pyridine rings is 1. The molecule has 1 atom stereocenters. The molecule has 3 aliphatic heterocycles. The van der Waals surface area contributed by atoms with Crippen molar-refractivity contribution >= 4 is 29.0 Å². The summed E-state index contributed by atoms with van der Waals surface area (Å²) in [4.78, 5) is 43.3. The molecule has 3 aliphatic rings. The van der Waals surface area contributed by atoms with Crippen molar-refractivity contribution in [3.8, 4) is 11.5 Å². The van der Waals surface area contributed by atoms with Crippen LogP contribution in [0.15, 0.2) is 36.5 Å². The van der Waals surface area contributed by atoms with Crippen LogP contribution >= 0.6 is 0 Å². The summed E-state index contributed by atoms with van der Waals surface area (Å²) in [6.45, 7) is 1.52. The third-order valence-electron chi connectivity index (χ3n) is 5.96. The summed E-state index contributed by atoms with van der Waals surface area (Å²) in [6, 6.07) is 7.64. The summed E-state index contributed by atoms with van der Waals surface area (Å²) in [5.74, 6) is 1.28. The van der Waals surface area contributed by atoms with Crippen molar-refractivity contribution in [3.63, 3.8) is 0 Å². The topological polar surface area (TPSA) is 127 Å². The number of piperidine rings is 1. The van der Waals surface area contributed by atoms with E-state index in [1.807, 2.05) is 0 Å². The summed E-state index contributed by atoms with van der Waals surface area (Å²) in [6.07, 6.45) is 2.89. The van der Waals surface area contributed by atoms with Crippen molar-refractivity contribution in [3.05, 3.63) is 46.6 Å². The molecule has 1 N–H and O–H groups in total. The van der Waals surface area contributed by atoms with Gasteiger partial charge in [0.05, 0.1) is 23.1 Å². The number of anilines is 2. The van der Waals surface area contributed by atoms with Crippen LogP contribution in [0.4, 0.5) is 17.2 Å². The Morgan fingerprint density at radius 3 is 2.59 bits per heavy atom. The molecule has 166 valence electrons. The highest BCUT2D eigenvalue weighted by molar-refractivity contribution is 6.22. The maximum Gasteiger partial charge on any atom is 0.287 e. The van der Waals surface area contributed by atoms with E-state index in [2.05, 4.69) is 15.2 Å². The molecule has 2 saturated heterocycles. The monoisotopic (exact) mass is 439 g/mol. The normalized spacial score (nSPS) is 20.8. The molecule has 32 heavy (non-hydrogen) atoms. The van der Waals surface area contributed by atoms with Gasteiger partial charge in [0.1, 0.15) is 12.0 Å². The van der Waals surface area contributed by atoms with Gasteiger partial charge < -0.3 is 19.7 Å². The number of nitrogens with one attached hydrogen (secondary N) is 1. The minimum Gasteiger partial charge on any atom is -0.454 e. The molecule has 5 rings (SSSR count). The first-order chi connectivity index (χ1) is 15.5. The van der Waals surface area contributed by atoms with Crippen molar-refractivity contribution in [2.75, 3.05) is 29.7 Å². The van der Waals surface area contributed by atoms with Crippen LogP contribution in [0.3, 0.4) is 0 Å². The Morgan fingerprint density at radius 2 is 1.88 bits per heavy atom. The Labute approximate surface area is 183 Å². The highest BCUT2D eigenvalue weighted by Crippen LogP contribution is 2.37. The number of rotatable bonds is 5. The number of benzene rings is 1. The van der Waals surface area contributed by atoms with Gasteiger partial charge in [0.2, 0.25) is 12.7 Å². The maximum atomic E-state index is 13.0. The van der Waals surface area contributed by atoms with Gasteiger partial charge in [-0.15, -0.1) is 0 Å². The number of hydrogen-bond acceptors (Lipinski definition) is 9. The summed E-state index contributed by atoms with van der Waals surface area (Å²) in [7, 11) is 0. The number of imide groups is 1. The van der Waals surface area contributed by atoms with Crippen LogP contribution in [-0.2, 0) is 9.59 Å². The van der Waals surface area contributed by atoms with Crippen molar-refractivity contribution in [2.24, 2.45) is 0 Å². The van der Waals surface area contributed by atoms with E-state index in [1.165, 1.54) is 17.2 Å². The quantitative estimate of drug-likeness (QED) is 0.420. The van der Waals surface area contributed by atoms with E-state index < -0.39 is 11.0 Å². The molecule has 0 bridgehead atoms. The Kier molecular flexibility index (Phi) is 5.10. The van der Waals surface area contributed by atoms with E-state index in [9.17, 15) is 19.7 Å². The van der Waals surface area contributed by atoms with Crippen molar-refractivity contribution in [1.29, 1.82) is 0 Å². The molecule has 2 fully saturated rings. The molecule has 1 aromatic carbocycles. The average molecular weight is 439 g/mol. The van der Waals surface area contributed by atoms with Gasteiger partial charge in [-0.3, -0.25) is 19.7 Å². The third-order valence-corrected chi connectivity index (χ3v) is 5.96. The highest BCUT2D eigenvalue weighted by atomic mass is 16.7. The first-order valence-electron chi connectivity index (χ1n) is 10.4. The Bertz CT molecular complexity index is 1070. The zero-order chi connectivity index (χ0) is 22.2. The van der Waals surface area contributed by atoms with Gasteiger partial charge >= 0.3 is 0 Å². The van der Waals surface area contributed by atoms with Crippen molar-refractivity contribution in [1.82, 2.24) is 10.3 Å². The predicted octanol–water partition coefficient (Wildman–Crippen LogP) is 1.61. The molecule has 0 aliphatic carbocycles. The van der Waals surface area contributed by atoms with Gasteiger partial charge in [0.25, 0.3) is 11.6 Å². The smallest absolute Gasteiger partial charge is 0.287 e. The number of ether oxygens (including phenoxy) is 2. The van der Waals surface area contributed by atoms with Gasteiger partial charge in [-0.25, -0.2) is 9.88 Å². The minimum absolute atomic E-state index is 0.0401. The Balaban J connectivity index is 1.19. The van der Waals surface area contributed by atoms with Crippen LogP contribution in [0.5, 0.6) is 11.5 Å². The number of aromatic nitrogens is 1. The molecular formula is C21H21N5O6. The number of amides is 2. The predicted molar refractivity (Wildman–Crippen MR) is 113 cm³/mol. The third kappa shape index (κ3) is 3.71. The average Bonchev–Trinajstić information content (AvgIpc) is 3.37. The lowest BCUT2D eigenvalue weighted by Gasteiger charge is -2.34. The van der Waals surface area contributed by atoms with Gasteiger partial charge in [0, 0.05) is 31.3 Å². The first kappa shape index (κ1) is 20.2. The molecule has 4 heterocycles. The second-order valence-corrected chi connectivity index (χ2v) is 7.92. The second-order valence-electron chi connectivity index (χ2n) is 7.92. The molecule has 0 radical (unpaired) electrons. The van der Waals surface area contributed by atoms with Crippen LogP contribution in [0, 0.1) is 10.1 Å². The number of hydrogen-bond donors (Lipinski definition) is 1. The molecule has 0 saturated carbocycles. The van der Waals surface area contributed by atoms with Crippen LogP contribution in [0.2, 0.25) is 0 Å². The van der Waals surface area contributed by atoms with E-state index in [0.29, 0.717) is 36.1 Å². The largest absolute Gasteiger partial charge is 0.454 e. The zero-order valence-corrected chi connectivity index (χ0v) is 17.1. The standard InChI is InChI=1S/C21H21N5O6/c27-20-10-16(21(28)25(20)14-1-3-17-18(9-14)32-12-31-17)23-13-5-7-24(8-6-13)19-4-2-15(11-22-19)26(29)30/h1-4,9,11,13,16,23H,5-8,10,12H2. The lowest BCUT2D eigenvalue weighted by atomic mass is 10.0. The summed E-state index contributed by atoms with van der Waals surface area (Å²) >= 11 is 0. The number of fused-ring (bicyclic) bond motifs is 1. The molecule has 2 aromatic rings. The zero-order valence-electron chi connectivity index (χ0n) is 17.1. The maximum absolute atomic E-state index is 13.0. The van der Waals surface area contributed by atoms with E-state index in [-0.39, 0.29) is 36.8 Å². The number of carbonyl (C=O) groups is 2. The fourth-order valence-corrected chi connectivity index (χ4v) is 4.29. The van der Waals surface area contributed by atoms with Gasteiger partial charge in [0.15, 0.2) is 11.5 Å². The molecular weight excluding hydrogens is 418 g/mol. The first-order valence-corrected chi connectivity index (χ1v) is 10.4. The van der Waals surface area contributed by atoms with E-state index in [4.69, 9.17) is 9.47 Å². The molecule has 11 heteroatoms. The second kappa shape index (κ2) is 8.08. The molecule has 1 aromatic heterocycles. The number of carbonyl (C=O) groups excluding carboxylic acids is 2. The van der Waals surface area contributed by atoms with Crippen LogP contribution in [0.1, 0.15) is 19.3 Å². The van der Waals surface area contributed by atoms with Crippen molar-refractivity contribution < 1.29 is 24.0 Å². The van der Waals surface area contributed by atoms with E-state index >= 15 is 0 Å². The minimum atomic E-state index is -0.568. The molecule has 0 spiro atoms. The van der Waals surface area contributed by atoms with Gasteiger partial charge in [-0.2, -0.15) is 0 Å². The van der Waals surface area contributed by atoms with E-state index in [1.54, 1.807) is 24.3 Å². The Hall–Kier alpha value is -3.73. The van der Waals surface area contributed by atoms with Gasteiger partial charge in [-0.1, -0.05) is 0 Å². The Morgan fingerprint density at radius 1 is 1.09 bits per heavy atom. The summed E-state index contributed by atoms with van der Waals surface area (Å²) in [5.41, 5.74) is 0.439. The summed E-state index contributed by atoms with van der Waals surface area (Å²) in [5, 5.41) is 14.1. The van der Waals surface area contributed by atoms with Crippen LogP contribution < -0.4 is 24.6 Å². The SMILES string of the molecule is O=C1CC(NC2CCN(c3ccc([N+](=O)[O-])cn3)CC2)C(=O)N1c1ccc2c(c1)OCO2. The fraction of sp³-hybridized carbons (Fsp3) is 0.381. The fourth-order valence-electron chi connectivity index (χ4n) is 4.29. The van der Waals surface area contributed by atoms with E-state index in [0.717, 1.165) is 12.8 Å². The van der Waals surface area contributed by atoms with Crippen molar-refractivity contribution in [2.45, 2.75) is 31.3 Å². The number of nitrogens with zero attached hydrogens (tertiary/aromatic N) is 4. The number of nitro groups is 1. The highest BCUT2D eigenvalue weighted by Gasteiger charge is 2.41. The van der Waals surface area contributed by atoms with Crippen LogP contribution in [-0.4, -0.2) is 53.7 Å². The molecule has 2 amide bonds. The molecule has 1 unspecified atom stereocenters. The molecule has 11 nitrogen and oxygen atoms in total. The lowest BCUT2D eigenvalue weighted by Crippen LogP contribution is -2.49.